The normalized spacial score (nSPS) is 12.5. The van der Waals surface area contributed by atoms with E-state index in [9.17, 15) is 4.79 Å². The largest absolute Gasteiger partial charge is 0.374 e. The van der Waals surface area contributed by atoms with Gasteiger partial charge in [0.25, 0.3) is 0 Å². The highest BCUT2D eigenvalue weighted by Gasteiger charge is 2.18. The second kappa shape index (κ2) is 4.05. The van der Waals surface area contributed by atoms with Crippen LogP contribution in [0, 0.1) is 12.3 Å². The number of allylic oxidation sites excluding steroid dienone is 1. The zero-order valence-electron chi connectivity index (χ0n) is 9.73. The minimum atomic E-state index is 0.0267. The average Bonchev–Trinajstić information content (AvgIpc) is 2.41. The Morgan fingerprint density at radius 1 is 1.17 bits per heavy atom. The van der Waals surface area contributed by atoms with Crippen LogP contribution in [0.2, 0.25) is 0 Å². The molecule has 0 saturated carbocycles. The van der Waals surface area contributed by atoms with E-state index in [0.29, 0.717) is 6.54 Å². The molecule has 2 nitrogen and oxygen atoms in total. The summed E-state index contributed by atoms with van der Waals surface area (Å²) < 4.78 is 0. The number of carbonyl (C=O) groups is 1. The van der Waals surface area contributed by atoms with E-state index >= 15 is 0 Å². The van der Waals surface area contributed by atoms with Gasteiger partial charge in [-0.3, -0.25) is 4.79 Å². The molecule has 18 heavy (non-hydrogen) atoms. The molecule has 0 saturated heterocycles. The van der Waals surface area contributed by atoms with Gasteiger partial charge < -0.3 is 5.32 Å². The van der Waals surface area contributed by atoms with E-state index in [0.717, 1.165) is 27.6 Å². The number of hydrogen-bond acceptors (Lipinski definition) is 2. The number of terminal acetylenes is 1. The van der Waals surface area contributed by atoms with Crippen LogP contribution in [0.4, 0.5) is 5.69 Å². The quantitative estimate of drug-likeness (QED) is 0.807. The van der Waals surface area contributed by atoms with Gasteiger partial charge in [-0.05, 0) is 23.1 Å². The van der Waals surface area contributed by atoms with Gasteiger partial charge in [-0.15, -0.1) is 6.42 Å². The monoisotopic (exact) mass is 233 g/mol. The smallest absolute Gasteiger partial charge is 0.188 e. The Bertz CT molecular complexity index is 720. The Kier molecular flexibility index (Phi) is 2.39. The lowest BCUT2D eigenvalue weighted by atomic mass is 9.91. The van der Waals surface area contributed by atoms with Crippen molar-refractivity contribution in [2.75, 3.05) is 11.9 Å². The summed E-state index contributed by atoms with van der Waals surface area (Å²) in [5.74, 6) is 2.55. The first-order valence-electron chi connectivity index (χ1n) is 5.77. The highest BCUT2D eigenvalue weighted by Crippen LogP contribution is 2.33. The summed E-state index contributed by atoms with van der Waals surface area (Å²) in [6, 6.07) is 9.94. The Morgan fingerprint density at radius 2 is 2.06 bits per heavy atom. The standard InChI is InChI=1S/C16H11NO/c1-2-10-17-13-8-6-11-4-3-5-12-7-9-14(18)16(13)15(11)12/h1,3-9,17H,10H2. The molecule has 0 heterocycles. The first kappa shape index (κ1) is 10.6. The molecule has 1 aliphatic carbocycles. The number of anilines is 1. The van der Waals surface area contributed by atoms with E-state index in [1.165, 1.54) is 0 Å². The van der Waals surface area contributed by atoms with E-state index in [-0.39, 0.29) is 5.78 Å². The van der Waals surface area contributed by atoms with Gasteiger partial charge in [0, 0.05) is 11.1 Å². The molecule has 2 aromatic carbocycles. The van der Waals surface area contributed by atoms with Crippen LogP contribution < -0.4 is 5.32 Å². The van der Waals surface area contributed by atoms with Crippen molar-refractivity contribution in [2.24, 2.45) is 0 Å². The van der Waals surface area contributed by atoms with E-state index in [4.69, 9.17) is 6.42 Å². The van der Waals surface area contributed by atoms with Gasteiger partial charge in [-0.1, -0.05) is 36.3 Å². The predicted octanol–water partition coefficient (Wildman–Crippen LogP) is 3.09. The SMILES string of the molecule is C#CCNc1ccc2cccc3c2c1C(=O)C=C3. The molecular weight excluding hydrogens is 222 g/mol. The molecule has 3 rings (SSSR count). The summed E-state index contributed by atoms with van der Waals surface area (Å²) >= 11 is 0. The lowest BCUT2D eigenvalue weighted by Gasteiger charge is -2.16. The topological polar surface area (TPSA) is 29.1 Å². The van der Waals surface area contributed by atoms with Crippen molar-refractivity contribution in [1.29, 1.82) is 0 Å². The molecule has 1 N–H and O–H groups in total. The van der Waals surface area contributed by atoms with E-state index < -0.39 is 0 Å². The van der Waals surface area contributed by atoms with Crippen molar-refractivity contribution >= 4 is 28.3 Å². The molecule has 2 heteroatoms. The number of rotatable bonds is 2. The second-order valence-corrected chi connectivity index (χ2v) is 4.19. The predicted molar refractivity (Wildman–Crippen MR) is 74.6 cm³/mol. The lowest BCUT2D eigenvalue weighted by Crippen LogP contribution is -2.08. The van der Waals surface area contributed by atoms with E-state index in [2.05, 4.69) is 11.2 Å². The molecule has 0 fully saturated rings. The van der Waals surface area contributed by atoms with Crippen LogP contribution in [-0.4, -0.2) is 12.3 Å². The Balaban J connectivity index is 2.32. The molecule has 0 spiro atoms. The first-order chi connectivity index (χ1) is 8.81. The van der Waals surface area contributed by atoms with Crippen molar-refractivity contribution in [3.63, 3.8) is 0 Å². The number of benzene rings is 2. The Labute approximate surface area is 105 Å². The molecular formula is C16H11NO. The number of ketones is 1. The molecule has 0 bridgehead atoms. The van der Waals surface area contributed by atoms with Gasteiger partial charge in [-0.25, -0.2) is 0 Å². The highest BCUT2D eigenvalue weighted by molar-refractivity contribution is 6.23. The number of carbonyl (C=O) groups excluding carboxylic acids is 1. The summed E-state index contributed by atoms with van der Waals surface area (Å²) in [7, 11) is 0. The molecule has 0 radical (unpaired) electrons. The van der Waals surface area contributed by atoms with Gasteiger partial charge in [0.2, 0.25) is 0 Å². The van der Waals surface area contributed by atoms with Gasteiger partial charge >= 0.3 is 0 Å². The fourth-order valence-electron chi connectivity index (χ4n) is 2.34. The molecule has 0 aromatic heterocycles. The molecule has 0 atom stereocenters. The van der Waals surface area contributed by atoms with Crippen molar-refractivity contribution in [3.05, 3.63) is 47.5 Å². The minimum Gasteiger partial charge on any atom is -0.374 e. The molecule has 2 aromatic rings. The zero-order valence-corrected chi connectivity index (χ0v) is 9.73. The molecule has 0 aliphatic heterocycles. The molecule has 1 aliphatic rings. The Hall–Kier alpha value is -2.53. The molecule has 86 valence electrons. The van der Waals surface area contributed by atoms with Crippen molar-refractivity contribution in [3.8, 4) is 12.3 Å². The van der Waals surface area contributed by atoms with Crippen molar-refractivity contribution in [2.45, 2.75) is 0 Å². The molecule has 0 amide bonds. The van der Waals surface area contributed by atoms with Crippen LogP contribution in [0.3, 0.4) is 0 Å². The minimum absolute atomic E-state index is 0.0267. The third-order valence-corrected chi connectivity index (χ3v) is 3.12. The highest BCUT2D eigenvalue weighted by atomic mass is 16.1. The van der Waals surface area contributed by atoms with Crippen molar-refractivity contribution in [1.82, 2.24) is 0 Å². The second-order valence-electron chi connectivity index (χ2n) is 4.19. The molecule has 0 unspecified atom stereocenters. The number of hydrogen-bond donors (Lipinski definition) is 1. The fraction of sp³-hybridized carbons (Fsp3) is 0.0625. The third-order valence-electron chi connectivity index (χ3n) is 3.12. The summed E-state index contributed by atoms with van der Waals surface area (Å²) in [5.41, 5.74) is 2.61. The number of nitrogens with one attached hydrogen (secondary N) is 1. The van der Waals surface area contributed by atoms with E-state index in [1.54, 1.807) is 6.08 Å². The third kappa shape index (κ3) is 1.49. The van der Waals surface area contributed by atoms with E-state index in [1.807, 2.05) is 36.4 Å². The summed E-state index contributed by atoms with van der Waals surface area (Å²) in [6.45, 7) is 0.414. The van der Waals surface area contributed by atoms with Crippen LogP contribution in [0.25, 0.3) is 16.8 Å². The summed E-state index contributed by atoms with van der Waals surface area (Å²) in [4.78, 5) is 12.1. The summed E-state index contributed by atoms with van der Waals surface area (Å²) in [5, 5.41) is 5.19. The van der Waals surface area contributed by atoms with Crippen molar-refractivity contribution < 1.29 is 4.79 Å². The maximum absolute atomic E-state index is 12.1. The van der Waals surface area contributed by atoms with Gasteiger partial charge in [0.15, 0.2) is 5.78 Å². The zero-order chi connectivity index (χ0) is 12.5. The lowest BCUT2D eigenvalue weighted by molar-refractivity contribution is 0.104. The van der Waals surface area contributed by atoms with Gasteiger partial charge in [0.05, 0.1) is 12.1 Å². The summed E-state index contributed by atoms with van der Waals surface area (Å²) in [6.07, 6.45) is 8.72. The van der Waals surface area contributed by atoms with Crippen LogP contribution in [-0.2, 0) is 0 Å². The van der Waals surface area contributed by atoms with Gasteiger partial charge in [-0.2, -0.15) is 0 Å². The van der Waals surface area contributed by atoms with Crippen LogP contribution in [0.15, 0.2) is 36.4 Å². The Morgan fingerprint density at radius 3 is 2.89 bits per heavy atom. The van der Waals surface area contributed by atoms with Crippen LogP contribution >= 0.6 is 0 Å². The van der Waals surface area contributed by atoms with Crippen LogP contribution in [0.1, 0.15) is 15.9 Å². The average molecular weight is 233 g/mol. The van der Waals surface area contributed by atoms with Gasteiger partial charge in [0.1, 0.15) is 0 Å². The maximum atomic E-state index is 12.1. The fourth-order valence-corrected chi connectivity index (χ4v) is 2.34. The first-order valence-corrected chi connectivity index (χ1v) is 5.77. The maximum Gasteiger partial charge on any atom is 0.188 e. The van der Waals surface area contributed by atoms with Crippen LogP contribution in [0.5, 0.6) is 0 Å².